The van der Waals surface area contributed by atoms with Crippen LogP contribution >= 0.6 is 11.3 Å². The minimum atomic E-state index is -3.43. The molecule has 0 amide bonds. The van der Waals surface area contributed by atoms with Gasteiger partial charge in [0.05, 0.1) is 6.04 Å². The lowest BCUT2D eigenvalue weighted by molar-refractivity contribution is 0.169. The number of aliphatic hydroxyl groups excluding tert-OH is 1. The Morgan fingerprint density at radius 2 is 2.21 bits per heavy atom. The third-order valence-corrected chi connectivity index (χ3v) is 6.22. The number of hydrogen-bond donors (Lipinski definition) is 2. The molecule has 0 spiro atoms. The van der Waals surface area contributed by atoms with Gasteiger partial charge in [0.2, 0.25) is 0 Å². The summed E-state index contributed by atoms with van der Waals surface area (Å²) < 4.78 is 28.7. The summed E-state index contributed by atoms with van der Waals surface area (Å²) in [5.41, 5.74) is 0. The number of aliphatic hydroxyl groups is 1. The minimum Gasteiger partial charge on any atom is -0.396 e. The van der Waals surface area contributed by atoms with E-state index >= 15 is 0 Å². The average molecular weight is 304 g/mol. The van der Waals surface area contributed by atoms with Crippen LogP contribution in [0.1, 0.15) is 30.7 Å². The zero-order valence-corrected chi connectivity index (χ0v) is 12.6. The molecule has 1 aromatic rings. The quantitative estimate of drug-likeness (QED) is 0.862. The zero-order valence-electron chi connectivity index (χ0n) is 10.9. The van der Waals surface area contributed by atoms with Crippen LogP contribution in [0.2, 0.25) is 0 Å². The number of hydrogen-bond acceptors (Lipinski definition) is 4. The first-order valence-corrected chi connectivity index (χ1v) is 8.76. The van der Waals surface area contributed by atoms with E-state index < -0.39 is 10.2 Å². The Bertz CT molecular complexity index is 479. The van der Waals surface area contributed by atoms with Gasteiger partial charge in [-0.25, -0.2) is 0 Å². The van der Waals surface area contributed by atoms with Crippen LogP contribution in [0.3, 0.4) is 0 Å². The van der Waals surface area contributed by atoms with E-state index in [0.717, 1.165) is 17.7 Å². The maximum Gasteiger partial charge on any atom is 0.280 e. The molecule has 108 valence electrons. The van der Waals surface area contributed by atoms with Gasteiger partial charge in [0, 0.05) is 24.6 Å². The molecule has 0 aliphatic carbocycles. The van der Waals surface area contributed by atoms with E-state index in [2.05, 4.69) is 4.72 Å². The van der Waals surface area contributed by atoms with Crippen LogP contribution in [0.5, 0.6) is 0 Å². The van der Waals surface area contributed by atoms with Crippen molar-refractivity contribution < 1.29 is 13.5 Å². The molecular formula is C12H20N2O3S2. The van der Waals surface area contributed by atoms with Crippen molar-refractivity contribution in [1.29, 1.82) is 0 Å². The molecule has 0 bridgehead atoms. The average Bonchev–Trinajstić information content (AvgIpc) is 2.92. The summed E-state index contributed by atoms with van der Waals surface area (Å²) in [7, 11) is -3.43. The Kier molecular flexibility index (Phi) is 4.97. The number of rotatable bonds is 5. The monoisotopic (exact) mass is 304 g/mol. The molecule has 2 heterocycles. The number of nitrogens with zero attached hydrogens (tertiary/aromatic N) is 1. The van der Waals surface area contributed by atoms with Crippen molar-refractivity contribution >= 4 is 21.5 Å². The predicted octanol–water partition coefficient (Wildman–Crippen LogP) is 1.35. The van der Waals surface area contributed by atoms with Gasteiger partial charge in [0.25, 0.3) is 10.2 Å². The maximum absolute atomic E-state index is 12.2. The van der Waals surface area contributed by atoms with Gasteiger partial charge in [0.1, 0.15) is 0 Å². The van der Waals surface area contributed by atoms with E-state index in [1.807, 2.05) is 24.4 Å². The second-order valence-electron chi connectivity index (χ2n) is 4.88. The first kappa shape index (κ1) is 14.9. The molecular weight excluding hydrogens is 284 g/mol. The van der Waals surface area contributed by atoms with Crippen LogP contribution in [-0.2, 0) is 10.2 Å². The predicted molar refractivity (Wildman–Crippen MR) is 76.2 cm³/mol. The lowest BCUT2D eigenvalue weighted by atomic mass is 10.00. The summed E-state index contributed by atoms with van der Waals surface area (Å²) in [6.45, 7) is 2.96. The molecule has 5 nitrogen and oxygen atoms in total. The molecule has 1 atom stereocenters. The van der Waals surface area contributed by atoms with Crippen molar-refractivity contribution in [2.24, 2.45) is 5.92 Å². The van der Waals surface area contributed by atoms with Crippen LogP contribution in [-0.4, -0.2) is 37.5 Å². The van der Waals surface area contributed by atoms with Gasteiger partial charge in [0.15, 0.2) is 0 Å². The van der Waals surface area contributed by atoms with E-state index in [0.29, 0.717) is 13.1 Å². The molecule has 2 rings (SSSR count). The lowest BCUT2D eigenvalue weighted by Gasteiger charge is -2.31. The second kappa shape index (κ2) is 6.32. The highest BCUT2D eigenvalue weighted by Crippen LogP contribution is 2.22. The van der Waals surface area contributed by atoms with Crippen LogP contribution in [0.25, 0.3) is 0 Å². The number of thiophene rings is 1. The molecule has 0 saturated carbocycles. The fourth-order valence-corrected chi connectivity index (χ4v) is 4.45. The minimum absolute atomic E-state index is 0.146. The van der Waals surface area contributed by atoms with Crippen LogP contribution in [0.15, 0.2) is 17.5 Å². The van der Waals surface area contributed by atoms with Crippen LogP contribution in [0.4, 0.5) is 0 Å². The molecule has 1 aliphatic rings. The van der Waals surface area contributed by atoms with Crippen molar-refractivity contribution in [1.82, 2.24) is 9.03 Å². The summed E-state index contributed by atoms with van der Waals surface area (Å²) in [6, 6.07) is 3.63. The van der Waals surface area contributed by atoms with E-state index in [1.54, 1.807) is 11.3 Å². The van der Waals surface area contributed by atoms with Gasteiger partial charge in [-0.15, -0.1) is 11.3 Å². The van der Waals surface area contributed by atoms with Crippen molar-refractivity contribution in [3.05, 3.63) is 22.4 Å². The van der Waals surface area contributed by atoms with Crippen LogP contribution in [0, 0.1) is 5.92 Å². The summed E-state index contributed by atoms with van der Waals surface area (Å²) >= 11 is 1.54. The highest BCUT2D eigenvalue weighted by Gasteiger charge is 2.29. The normalized spacial score (nSPS) is 20.5. The largest absolute Gasteiger partial charge is 0.396 e. The smallest absolute Gasteiger partial charge is 0.280 e. The summed E-state index contributed by atoms with van der Waals surface area (Å²) in [4.78, 5) is 1.01. The van der Waals surface area contributed by atoms with Gasteiger partial charge < -0.3 is 5.11 Å². The molecule has 1 fully saturated rings. The summed E-state index contributed by atoms with van der Waals surface area (Å²) in [5.74, 6) is 0.237. The molecule has 1 saturated heterocycles. The number of nitrogens with one attached hydrogen (secondary N) is 1. The Morgan fingerprint density at radius 1 is 1.53 bits per heavy atom. The molecule has 1 aromatic heterocycles. The molecule has 0 aromatic carbocycles. The standard InChI is InChI=1S/C12H20N2O3S2/c1-10(12-3-2-8-18-12)13-19(16,17)14-6-4-11(9-15)5-7-14/h2-3,8,10-11,13,15H,4-7,9H2,1H3. The van der Waals surface area contributed by atoms with E-state index in [-0.39, 0.29) is 18.6 Å². The van der Waals surface area contributed by atoms with E-state index in [4.69, 9.17) is 5.11 Å². The van der Waals surface area contributed by atoms with Crippen molar-refractivity contribution in [3.63, 3.8) is 0 Å². The molecule has 0 radical (unpaired) electrons. The Hall–Kier alpha value is -0.470. The Morgan fingerprint density at radius 3 is 2.74 bits per heavy atom. The van der Waals surface area contributed by atoms with E-state index in [1.165, 1.54) is 4.31 Å². The molecule has 19 heavy (non-hydrogen) atoms. The highest BCUT2D eigenvalue weighted by atomic mass is 32.2. The number of piperidine rings is 1. The van der Waals surface area contributed by atoms with Gasteiger partial charge >= 0.3 is 0 Å². The van der Waals surface area contributed by atoms with E-state index in [9.17, 15) is 8.42 Å². The second-order valence-corrected chi connectivity index (χ2v) is 7.57. The molecule has 1 unspecified atom stereocenters. The van der Waals surface area contributed by atoms with Gasteiger partial charge in [-0.05, 0) is 37.1 Å². The fourth-order valence-electron chi connectivity index (χ4n) is 2.23. The van der Waals surface area contributed by atoms with Crippen molar-refractivity contribution in [2.75, 3.05) is 19.7 Å². The SMILES string of the molecule is CC(NS(=O)(=O)N1CCC(CO)CC1)c1cccs1. The lowest BCUT2D eigenvalue weighted by Crippen LogP contribution is -2.45. The highest BCUT2D eigenvalue weighted by molar-refractivity contribution is 7.87. The van der Waals surface area contributed by atoms with Crippen molar-refractivity contribution in [2.45, 2.75) is 25.8 Å². The van der Waals surface area contributed by atoms with Gasteiger partial charge in [-0.2, -0.15) is 17.4 Å². The Labute approximate surface area is 118 Å². The Balaban J connectivity index is 1.95. The first-order valence-electron chi connectivity index (χ1n) is 6.44. The summed E-state index contributed by atoms with van der Waals surface area (Å²) in [5, 5.41) is 11.0. The fraction of sp³-hybridized carbons (Fsp3) is 0.667. The molecule has 2 N–H and O–H groups in total. The first-order chi connectivity index (χ1) is 9.03. The summed E-state index contributed by atoms with van der Waals surface area (Å²) in [6.07, 6.45) is 1.45. The zero-order chi connectivity index (χ0) is 13.9. The van der Waals surface area contributed by atoms with Crippen LogP contribution < -0.4 is 4.72 Å². The third kappa shape index (κ3) is 3.76. The maximum atomic E-state index is 12.2. The molecule has 1 aliphatic heterocycles. The van der Waals surface area contributed by atoms with Crippen molar-refractivity contribution in [3.8, 4) is 0 Å². The third-order valence-electron chi connectivity index (χ3n) is 3.47. The van der Waals surface area contributed by atoms with Gasteiger partial charge in [-0.3, -0.25) is 0 Å². The topological polar surface area (TPSA) is 69.6 Å². The van der Waals surface area contributed by atoms with Gasteiger partial charge in [-0.1, -0.05) is 6.07 Å². The molecule has 7 heteroatoms.